The van der Waals surface area contributed by atoms with Crippen molar-refractivity contribution in [3.8, 4) is 5.75 Å². The Morgan fingerprint density at radius 2 is 2.29 bits per heavy atom. The lowest BCUT2D eigenvalue weighted by Crippen LogP contribution is -2.42. The van der Waals surface area contributed by atoms with Crippen LogP contribution in [0.4, 0.5) is 0 Å². The van der Waals surface area contributed by atoms with Gasteiger partial charge >= 0.3 is 0 Å². The molecule has 0 radical (unpaired) electrons. The number of nitrogens with one attached hydrogen (secondary N) is 1. The number of rotatable bonds is 6. The van der Waals surface area contributed by atoms with Gasteiger partial charge in [0.1, 0.15) is 5.75 Å². The summed E-state index contributed by atoms with van der Waals surface area (Å²) in [5.41, 5.74) is 0.984. The highest BCUT2D eigenvalue weighted by Gasteiger charge is 2.17. The van der Waals surface area contributed by atoms with Crippen molar-refractivity contribution in [2.45, 2.75) is 38.6 Å². The second-order valence-electron chi connectivity index (χ2n) is 5.76. The fourth-order valence-electron chi connectivity index (χ4n) is 2.86. The summed E-state index contributed by atoms with van der Waals surface area (Å²) in [5, 5.41) is 3.02. The molecule has 1 atom stereocenters. The van der Waals surface area contributed by atoms with Gasteiger partial charge in [-0.25, -0.2) is 0 Å². The highest BCUT2D eigenvalue weighted by Crippen LogP contribution is 2.15. The maximum atomic E-state index is 12.0. The number of hydrogen-bond acceptors (Lipinski definition) is 3. The molecular weight excluding hydrogens is 264 g/mol. The van der Waals surface area contributed by atoms with Crippen LogP contribution in [0.5, 0.6) is 5.75 Å². The lowest BCUT2D eigenvalue weighted by molar-refractivity contribution is -0.120. The topological polar surface area (TPSA) is 41.6 Å². The Bertz CT molecular complexity index is 462. The van der Waals surface area contributed by atoms with Crippen molar-refractivity contribution < 1.29 is 9.53 Å². The second kappa shape index (κ2) is 8.03. The van der Waals surface area contributed by atoms with Crippen LogP contribution in [0.15, 0.2) is 24.3 Å². The fourth-order valence-corrected chi connectivity index (χ4v) is 2.86. The highest BCUT2D eigenvalue weighted by atomic mass is 16.5. The van der Waals surface area contributed by atoms with Crippen LogP contribution < -0.4 is 10.1 Å². The summed E-state index contributed by atoms with van der Waals surface area (Å²) < 4.78 is 5.17. The SMILES string of the molecule is COc1cccc(CC(=O)NCCN2CCCC[C@H]2C)c1. The predicted molar refractivity (Wildman–Crippen MR) is 84.6 cm³/mol. The lowest BCUT2D eigenvalue weighted by atomic mass is 10.0. The number of benzene rings is 1. The van der Waals surface area contributed by atoms with Gasteiger partial charge in [-0.1, -0.05) is 18.6 Å². The first-order valence-electron chi connectivity index (χ1n) is 7.82. The quantitative estimate of drug-likeness (QED) is 0.873. The monoisotopic (exact) mass is 290 g/mol. The zero-order valence-corrected chi connectivity index (χ0v) is 13.1. The molecule has 1 aromatic carbocycles. The summed E-state index contributed by atoms with van der Waals surface area (Å²) in [5.74, 6) is 0.871. The van der Waals surface area contributed by atoms with Crippen molar-refractivity contribution in [2.75, 3.05) is 26.7 Å². The molecule has 2 rings (SSSR count). The third kappa shape index (κ3) is 5.05. The molecule has 0 aromatic heterocycles. The Morgan fingerprint density at radius 1 is 1.43 bits per heavy atom. The Morgan fingerprint density at radius 3 is 3.05 bits per heavy atom. The van der Waals surface area contributed by atoms with Gasteiger partial charge in [-0.05, 0) is 44.0 Å². The summed E-state index contributed by atoms with van der Waals surface area (Å²) in [4.78, 5) is 14.4. The summed E-state index contributed by atoms with van der Waals surface area (Å²) in [6, 6.07) is 8.31. The number of amides is 1. The van der Waals surface area contributed by atoms with E-state index in [1.165, 1.54) is 19.3 Å². The van der Waals surface area contributed by atoms with Crippen molar-refractivity contribution in [2.24, 2.45) is 0 Å². The second-order valence-corrected chi connectivity index (χ2v) is 5.76. The number of hydrogen-bond donors (Lipinski definition) is 1. The molecule has 1 aliphatic rings. The standard InChI is InChI=1S/C17H26N2O2/c1-14-6-3-4-10-19(14)11-9-18-17(20)13-15-7-5-8-16(12-15)21-2/h5,7-8,12,14H,3-4,6,9-11,13H2,1-2H3,(H,18,20)/t14-/m1/s1. The summed E-state index contributed by atoms with van der Waals surface area (Å²) >= 11 is 0. The highest BCUT2D eigenvalue weighted by molar-refractivity contribution is 5.78. The van der Waals surface area contributed by atoms with Gasteiger partial charge in [-0.15, -0.1) is 0 Å². The summed E-state index contributed by atoms with van der Waals surface area (Å²) in [7, 11) is 1.64. The van der Waals surface area contributed by atoms with E-state index >= 15 is 0 Å². The van der Waals surface area contributed by atoms with Crippen molar-refractivity contribution in [1.29, 1.82) is 0 Å². The van der Waals surface area contributed by atoms with Crippen molar-refractivity contribution >= 4 is 5.91 Å². The Labute approximate surface area is 127 Å². The largest absolute Gasteiger partial charge is 0.497 e. The maximum absolute atomic E-state index is 12.0. The molecule has 1 saturated heterocycles. The molecule has 1 heterocycles. The van der Waals surface area contributed by atoms with Crippen molar-refractivity contribution in [3.63, 3.8) is 0 Å². The van der Waals surface area contributed by atoms with Gasteiger partial charge in [-0.2, -0.15) is 0 Å². The molecule has 4 nitrogen and oxygen atoms in total. The van der Waals surface area contributed by atoms with Gasteiger partial charge < -0.3 is 10.1 Å². The van der Waals surface area contributed by atoms with E-state index in [9.17, 15) is 4.79 Å². The van der Waals surface area contributed by atoms with Crippen LogP contribution in [0.2, 0.25) is 0 Å². The minimum absolute atomic E-state index is 0.0768. The normalized spacial score (nSPS) is 19.2. The number of piperidine rings is 1. The minimum Gasteiger partial charge on any atom is -0.497 e. The Balaban J connectivity index is 1.71. The van der Waals surface area contributed by atoms with E-state index in [-0.39, 0.29) is 5.91 Å². The first kappa shape index (κ1) is 15.8. The van der Waals surface area contributed by atoms with E-state index in [1.54, 1.807) is 7.11 Å². The Kier molecular flexibility index (Phi) is 6.05. The van der Waals surface area contributed by atoms with E-state index in [1.807, 2.05) is 24.3 Å². The van der Waals surface area contributed by atoms with E-state index < -0.39 is 0 Å². The van der Waals surface area contributed by atoms with Gasteiger partial charge in [0.15, 0.2) is 0 Å². The number of carbonyl (C=O) groups excluding carboxylic acids is 1. The smallest absolute Gasteiger partial charge is 0.224 e. The molecule has 0 aliphatic carbocycles. The van der Waals surface area contributed by atoms with Gasteiger partial charge in [0.2, 0.25) is 5.91 Å². The molecule has 1 amide bonds. The van der Waals surface area contributed by atoms with Crippen LogP contribution in [-0.2, 0) is 11.2 Å². The van der Waals surface area contributed by atoms with Gasteiger partial charge in [-0.3, -0.25) is 9.69 Å². The lowest BCUT2D eigenvalue weighted by Gasteiger charge is -2.33. The summed E-state index contributed by atoms with van der Waals surface area (Å²) in [6.07, 6.45) is 4.30. The van der Waals surface area contributed by atoms with E-state index in [2.05, 4.69) is 17.1 Å². The number of methoxy groups -OCH3 is 1. The molecule has 1 fully saturated rings. The summed E-state index contributed by atoms with van der Waals surface area (Å²) in [6.45, 7) is 5.11. The first-order chi connectivity index (χ1) is 10.2. The van der Waals surface area contributed by atoms with Gasteiger partial charge in [0.05, 0.1) is 13.5 Å². The molecule has 116 valence electrons. The fraction of sp³-hybridized carbons (Fsp3) is 0.588. The third-order valence-electron chi connectivity index (χ3n) is 4.16. The van der Waals surface area contributed by atoms with Gasteiger partial charge in [0.25, 0.3) is 0 Å². The van der Waals surface area contributed by atoms with Crippen molar-refractivity contribution in [1.82, 2.24) is 10.2 Å². The van der Waals surface area contributed by atoms with Crippen LogP contribution >= 0.6 is 0 Å². The molecule has 21 heavy (non-hydrogen) atoms. The molecule has 1 aromatic rings. The van der Waals surface area contributed by atoms with Crippen LogP contribution in [0.3, 0.4) is 0 Å². The first-order valence-corrected chi connectivity index (χ1v) is 7.82. The van der Waals surface area contributed by atoms with Crippen LogP contribution in [0.25, 0.3) is 0 Å². The van der Waals surface area contributed by atoms with Crippen LogP contribution in [0, 0.1) is 0 Å². The number of carbonyl (C=O) groups is 1. The number of nitrogens with zero attached hydrogens (tertiary/aromatic N) is 1. The van der Waals surface area contributed by atoms with Gasteiger partial charge in [0, 0.05) is 19.1 Å². The molecule has 0 bridgehead atoms. The Hall–Kier alpha value is -1.55. The van der Waals surface area contributed by atoms with Crippen LogP contribution in [0.1, 0.15) is 31.7 Å². The molecule has 0 spiro atoms. The molecular formula is C17H26N2O2. The number of ether oxygens (including phenoxy) is 1. The number of likely N-dealkylation sites (tertiary alicyclic amines) is 1. The minimum atomic E-state index is 0.0768. The zero-order chi connectivity index (χ0) is 15.1. The molecule has 0 saturated carbocycles. The van der Waals surface area contributed by atoms with E-state index in [0.29, 0.717) is 12.5 Å². The molecule has 4 heteroatoms. The molecule has 0 unspecified atom stereocenters. The zero-order valence-electron chi connectivity index (χ0n) is 13.1. The van der Waals surface area contributed by atoms with E-state index in [0.717, 1.165) is 30.9 Å². The predicted octanol–water partition coefficient (Wildman–Crippen LogP) is 2.23. The molecule has 1 N–H and O–H groups in total. The third-order valence-corrected chi connectivity index (χ3v) is 4.16. The maximum Gasteiger partial charge on any atom is 0.224 e. The average molecular weight is 290 g/mol. The van der Waals surface area contributed by atoms with Crippen LogP contribution in [-0.4, -0.2) is 43.6 Å². The molecule has 1 aliphatic heterocycles. The average Bonchev–Trinajstić information content (AvgIpc) is 2.49. The van der Waals surface area contributed by atoms with E-state index in [4.69, 9.17) is 4.74 Å². The van der Waals surface area contributed by atoms with Crippen molar-refractivity contribution in [3.05, 3.63) is 29.8 Å².